The summed E-state index contributed by atoms with van der Waals surface area (Å²) in [5.41, 5.74) is 0.225. The molecule has 0 aromatic carbocycles. The van der Waals surface area contributed by atoms with Gasteiger partial charge in [0.05, 0.1) is 5.92 Å². The molecular weight excluding hydrogens is 176 g/mol. The van der Waals surface area contributed by atoms with E-state index in [2.05, 4.69) is 26.7 Å². The standard InChI is InChI=1S/C12H20O2/c1-5-7-10(11(13)14)8-9-12(3,4)6-2/h1,10H,6-9H2,2-4H3,(H,13,14). The minimum atomic E-state index is -0.769. The van der Waals surface area contributed by atoms with E-state index in [0.717, 1.165) is 12.8 Å². The molecule has 0 fully saturated rings. The third kappa shape index (κ3) is 4.91. The molecule has 14 heavy (non-hydrogen) atoms. The molecule has 0 bridgehead atoms. The highest BCUT2D eigenvalue weighted by Crippen LogP contribution is 2.28. The zero-order chi connectivity index (χ0) is 11.2. The third-order valence-corrected chi connectivity index (χ3v) is 2.84. The summed E-state index contributed by atoms with van der Waals surface area (Å²) in [5.74, 6) is 1.28. The fraction of sp³-hybridized carbons (Fsp3) is 0.750. The molecule has 2 nitrogen and oxygen atoms in total. The number of carbonyl (C=O) groups is 1. The summed E-state index contributed by atoms with van der Waals surface area (Å²) in [7, 11) is 0. The molecule has 0 heterocycles. The van der Waals surface area contributed by atoms with Crippen LogP contribution < -0.4 is 0 Å². The van der Waals surface area contributed by atoms with Gasteiger partial charge in [0.25, 0.3) is 0 Å². The van der Waals surface area contributed by atoms with Gasteiger partial charge in [-0.2, -0.15) is 0 Å². The van der Waals surface area contributed by atoms with Gasteiger partial charge in [0.1, 0.15) is 0 Å². The Balaban J connectivity index is 4.07. The summed E-state index contributed by atoms with van der Waals surface area (Å²) in [6, 6.07) is 0. The number of terminal acetylenes is 1. The van der Waals surface area contributed by atoms with Crippen molar-refractivity contribution in [1.29, 1.82) is 0 Å². The zero-order valence-electron chi connectivity index (χ0n) is 9.34. The fourth-order valence-corrected chi connectivity index (χ4v) is 1.20. The molecule has 0 spiro atoms. The molecule has 0 rings (SSSR count). The molecule has 1 atom stereocenters. The van der Waals surface area contributed by atoms with Crippen LogP contribution >= 0.6 is 0 Å². The van der Waals surface area contributed by atoms with E-state index in [0.29, 0.717) is 12.8 Å². The van der Waals surface area contributed by atoms with E-state index in [9.17, 15) is 4.79 Å². The Morgan fingerprint density at radius 2 is 2.14 bits per heavy atom. The molecule has 0 aliphatic heterocycles. The SMILES string of the molecule is C#CCC(CCC(C)(C)CC)C(=O)O. The highest BCUT2D eigenvalue weighted by Gasteiger charge is 2.21. The molecule has 1 N–H and O–H groups in total. The number of aliphatic carboxylic acids is 1. The maximum absolute atomic E-state index is 10.8. The van der Waals surface area contributed by atoms with Gasteiger partial charge >= 0.3 is 5.97 Å². The number of carboxylic acids is 1. The van der Waals surface area contributed by atoms with Gasteiger partial charge in [-0.15, -0.1) is 12.3 Å². The van der Waals surface area contributed by atoms with Gasteiger partial charge in [0.15, 0.2) is 0 Å². The summed E-state index contributed by atoms with van der Waals surface area (Å²) in [6.07, 6.45) is 8.13. The Morgan fingerprint density at radius 1 is 1.57 bits per heavy atom. The first-order valence-corrected chi connectivity index (χ1v) is 5.09. The number of hydrogen-bond donors (Lipinski definition) is 1. The van der Waals surface area contributed by atoms with Gasteiger partial charge in [0, 0.05) is 6.42 Å². The Morgan fingerprint density at radius 3 is 2.50 bits per heavy atom. The van der Waals surface area contributed by atoms with Crippen molar-refractivity contribution in [3.63, 3.8) is 0 Å². The third-order valence-electron chi connectivity index (χ3n) is 2.84. The summed E-state index contributed by atoms with van der Waals surface area (Å²) in [4.78, 5) is 10.8. The maximum atomic E-state index is 10.8. The van der Waals surface area contributed by atoms with E-state index in [4.69, 9.17) is 11.5 Å². The van der Waals surface area contributed by atoms with Crippen LogP contribution in [0.1, 0.15) is 46.5 Å². The van der Waals surface area contributed by atoms with Gasteiger partial charge in [-0.25, -0.2) is 0 Å². The number of hydrogen-bond acceptors (Lipinski definition) is 1. The molecule has 0 aliphatic carbocycles. The van der Waals surface area contributed by atoms with Gasteiger partial charge < -0.3 is 5.11 Å². The van der Waals surface area contributed by atoms with Gasteiger partial charge in [0.2, 0.25) is 0 Å². The second-order valence-corrected chi connectivity index (χ2v) is 4.50. The highest BCUT2D eigenvalue weighted by molar-refractivity contribution is 5.70. The van der Waals surface area contributed by atoms with E-state index in [1.54, 1.807) is 0 Å². The highest BCUT2D eigenvalue weighted by atomic mass is 16.4. The number of carboxylic acid groups (broad SMARTS) is 1. The molecule has 0 saturated heterocycles. The van der Waals surface area contributed by atoms with Crippen LogP contribution in [-0.4, -0.2) is 11.1 Å². The van der Waals surface area contributed by atoms with Gasteiger partial charge in [-0.3, -0.25) is 4.79 Å². The van der Waals surface area contributed by atoms with E-state index in [1.165, 1.54) is 0 Å². The normalized spacial score (nSPS) is 13.3. The topological polar surface area (TPSA) is 37.3 Å². The molecule has 0 radical (unpaired) electrons. The predicted molar refractivity (Wildman–Crippen MR) is 57.9 cm³/mol. The molecule has 1 unspecified atom stereocenters. The number of rotatable bonds is 6. The zero-order valence-corrected chi connectivity index (χ0v) is 9.34. The molecule has 0 amide bonds. The lowest BCUT2D eigenvalue weighted by Crippen LogP contribution is -2.17. The maximum Gasteiger partial charge on any atom is 0.307 e. The van der Waals surface area contributed by atoms with Crippen molar-refractivity contribution in [3.8, 4) is 12.3 Å². The largest absolute Gasteiger partial charge is 0.481 e. The Hall–Kier alpha value is -0.970. The van der Waals surface area contributed by atoms with E-state index < -0.39 is 5.97 Å². The average molecular weight is 196 g/mol. The lowest BCUT2D eigenvalue weighted by Gasteiger charge is -2.23. The monoisotopic (exact) mass is 196 g/mol. The summed E-state index contributed by atoms with van der Waals surface area (Å²) >= 11 is 0. The lowest BCUT2D eigenvalue weighted by molar-refractivity contribution is -0.141. The first kappa shape index (κ1) is 13.0. The van der Waals surface area contributed by atoms with E-state index in [-0.39, 0.29) is 11.3 Å². The first-order valence-electron chi connectivity index (χ1n) is 5.09. The van der Waals surface area contributed by atoms with Crippen molar-refractivity contribution in [1.82, 2.24) is 0 Å². The molecule has 0 saturated carbocycles. The minimum absolute atomic E-state index is 0.225. The van der Waals surface area contributed by atoms with Gasteiger partial charge in [-0.1, -0.05) is 27.2 Å². The van der Waals surface area contributed by atoms with E-state index in [1.807, 2.05) is 0 Å². The van der Waals surface area contributed by atoms with Crippen molar-refractivity contribution >= 4 is 5.97 Å². The summed E-state index contributed by atoms with van der Waals surface area (Å²) < 4.78 is 0. The van der Waals surface area contributed by atoms with Crippen LogP contribution in [0.4, 0.5) is 0 Å². The van der Waals surface area contributed by atoms with Crippen LogP contribution in [0.2, 0.25) is 0 Å². The van der Waals surface area contributed by atoms with Crippen LogP contribution in [0.3, 0.4) is 0 Å². The Labute approximate surface area is 86.7 Å². The Bertz CT molecular complexity index is 223. The van der Waals surface area contributed by atoms with Crippen molar-refractivity contribution in [3.05, 3.63) is 0 Å². The average Bonchev–Trinajstić information content (AvgIpc) is 2.12. The first-order chi connectivity index (χ1) is 6.43. The van der Waals surface area contributed by atoms with Crippen LogP contribution in [0, 0.1) is 23.7 Å². The van der Waals surface area contributed by atoms with Gasteiger partial charge in [-0.05, 0) is 18.3 Å². The quantitative estimate of drug-likeness (QED) is 0.663. The smallest absolute Gasteiger partial charge is 0.307 e. The Kier molecular flexibility index (Phi) is 5.30. The molecule has 0 aromatic heterocycles. The van der Waals surface area contributed by atoms with Crippen LogP contribution in [0.15, 0.2) is 0 Å². The second kappa shape index (κ2) is 5.70. The van der Waals surface area contributed by atoms with Crippen molar-refractivity contribution in [2.75, 3.05) is 0 Å². The predicted octanol–water partition coefficient (Wildman–Crippen LogP) is 2.93. The summed E-state index contributed by atoms with van der Waals surface area (Å²) in [5, 5.41) is 8.88. The van der Waals surface area contributed by atoms with Crippen molar-refractivity contribution in [2.45, 2.75) is 46.5 Å². The fourth-order valence-electron chi connectivity index (χ4n) is 1.20. The van der Waals surface area contributed by atoms with Crippen LogP contribution in [-0.2, 0) is 4.79 Å². The van der Waals surface area contributed by atoms with E-state index >= 15 is 0 Å². The van der Waals surface area contributed by atoms with Crippen molar-refractivity contribution in [2.24, 2.45) is 11.3 Å². The van der Waals surface area contributed by atoms with Crippen molar-refractivity contribution < 1.29 is 9.90 Å². The lowest BCUT2D eigenvalue weighted by atomic mass is 9.82. The molecule has 80 valence electrons. The summed E-state index contributed by atoms with van der Waals surface area (Å²) in [6.45, 7) is 6.43. The minimum Gasteiger partial charge on any atom is -0.481 e. The molecule has 0 aromatic rings. The molecule has 2 heteroatoms. The van der Waals surface area contributed by atoms with Crippen LogP contribution in [0.25, 0.3) is 0 Å². The molecular formula is C12H20O2. The second-order valence-electron chi connectivity index (χ2n) is 4.50. The van der Waals surface area contributed by atoms with Crippen LogP contribution in [0.5, 0.6) is 0 Å². The molecule has 0 aliphatic rings.